The van der Waals surface area contributed by atoms with E-state index < -0.39 is 0 Å². The Kier molecular flexibility index (Phi) is 12.4. The minimum atomic E-state index is 0.482. The summed E-state index contributed by atoms with van der Waals surface area (Å²) in [6, 6.07) is 0. The molecule has 0 N–H and O–H groups in total. The summed E-state index contributed by atoms with van der Waals surface area (Å²) in [6.45, 7) is 42.1. The SMILES string of the molecule is CCC(CC(C)(C)CCC1CC(CC(C)(C)CC2CC2C(C)C)C1)CC(C)(C)C1CC(C2C3CCC3C2C2CCC2CC(C2CC3CC(CC)C32C)C(C)(C)C2C(C)C2(C)C)C1. The van der Waals surface area contributed by atoms with Crippen molar-refractivity contribution >= 4 is 0 Å². The van der Waals surface area contributed by atoms with Crippen molar-refractivity contribution in [3.05, 3.63) is 0 Å². The summed E-state index contributed by atoms with van der Waals surface area (Å²) in [5, 5.41) is 0. The van der Waals surface area contributed by atoms with Crippen LogP contribution >= 0.6 is 0 Å². The van der Waals surface area contributed by atoms with Crippen LogP contribution in [0.4, 0.5) is 0 Å². The van der Waals surface area contributed by atoms with Gasteiger partial charge in [0.2, 0.25) is 0 Å². The van der Waals surface area contributed by atoms with E-state index in [1.165, 1.54) is 70.6 Å². The molecule has 0 heterocycles. The Hall–Kier alpha value is 0. The quantitative estimate of drug-likeness (QED) is 0.102. The van der Waals surface area contributed by atoms with Crippen molar-refractivity contribution in [3.63, 3.8) is 0 Å². The lowest BCUT2D eigenvalue weighted by atomic mass is 9.33. The van der Waals surface area contributed by atoms with Gasteiger partial charge in [-0.25, -0.2) is 0 Å². The highest BCUT2D eigenvalue weighted by Crippen LogP contribution is 2.77. The highest BCUT2D eigenvalue weighted by Gasteiger charge is 2.70. The van der Waals surface area contributed by atoms with Crippen molar-refractivity contribution in [1.82, 2.24) is 0 Å². The molecular formula is C62H108. The van der Waals surface area contributed by atoms with Gasteiger partial charge >= 0.3 is 0 Å². The summed E-state index contributed by atoms with van der Waals surface area (Å²) in [4.78, 5) is 0. The summed E-state index contributed by atoms with van der Waals surface area (Å²) in [7, 11) is 0. The summed E-state index contributed by atoms with van der Waals surface area (Å²) in [5.41, 5.74) is 3.25. The van der Waals surface area contributed by atoms with E-state index in [1.807, 2.05) is 0 Å². The second-order valence-electron chi connectivity index (χ2n) is 31.0. The Bertz CT molecular complexity index is 1560. The highest BCUT2D eigenvalue weighted by molar-refractivity contribution is 5.19. The highest BCUT2D eigenvalue weighted by atomic mass is 14.8. The lowest BCUT2D eigenvalue weighted by Crippen LogP contribution is -2.65. The molecule has 9 fully saturated rings. The van der Waals surface area contributed by atoms with Crippen LogP contribution in [0.15, 0.2) is 0 Å². The van der Waals surface area contributed by atoms with E-state index in [0.717, 1.165) is 118 Å². The number of hydrogen-bond acceptors (Lipinski definition) is 0. The topological polar surface area (TPSA) is 0 Å². The van der Waals surface area contributed by atoms with Crippen LogP contribution in [0.1, 0.15) is 239 Å². The molecule has 0 nitrogen and oxygen atoms in total. The third kappa shape index (κ3) is 8.16. The zero-order valence-electron chi connectivity index (χ0n) is 44.7. The maximum atomic E-state index is 2.79. The van der Waals surface area contributed by atoms with Crippen LogP contribution in [0.5, 0.6) is 0 Å². The predicted octanol–water partition coefficient (Wildman–Crippen LogP) is 18.5. The van der Waals surface area contributed by atoms with Gasteiger partial charge in [-0.2, -0.15) is 0 Å². The Morgan fingerprint density at radius 2 is 1.31 bits per heavy atom. The summed E-state index contributed by atoms with van der Waals surface area (Å²) >= 11 is 0. The summed E-state index contributed by atoms with van der Waals surface area (Å²) < 4.78 is 0. The van der Waals surface area contributed by atoms with E-state index in [0.29, 0.717) is 32.5 Å². The summed E-state index contributed by atoms with van der Waals surface area (Å²) in [6.07, 6.45) is 30.5. The van der Waals surface area contributed by atoms with E-state index in [1.54, 1.807) is 57.8 Å². The van der Waals surface area contributed by atoms with Crippen LogP contribution in [0, 0.1) is 151 Å². The average molecular weight is 854 g/mol. The molecule has 62 heavy (non-hydrogen) atoms. The van der Waals surface area contributed by atoms with Crippen molar-refractivity contribution in [2.75, 3.05) is 0 Å². The molecule has 0 aromatic carbocycles. The van der Waals surface area contributed by atoms with Gasteiger partial charge in [0, 0.05) is 0 Å². The van der Waals surface area contributed by atoms with E-state index in [9.17, 15) is 0 Å². The van der Waals surface area contributed by atoms with E-state index >= 15 is 0 Å². The number of hydrogen-bond donors (Lipinski definition) is 0. The number of fused-ring (bicyclic) bond motifs is 2. The van der Waals surface area contributed by atoms with Crippen LogP contribution in [0.3, 0.4) is 0 Å². The van der Waals surface area contributed by atoms with Gasteiger partial charge < -0.3 is 0 Å². The zero-order valence-corrected chi connectivity index (χ0v) is 44.7. The molecule has 16 atom stereocenters. The third-order valence-corrected chi connectivity index (χ3v) is 25.2. The van der Waals surface area contributed by atoms with Gasteiger partial charge in [0.1, 0.15) is 0 Å². The van der Waals surface area contributed by atoms with Gasteiger partial charge in [-0.1, -0.05) is 124 Å². The molecule has 0 radical (unpaired) electrons. The van der Waals surface area contributed by atoms with Crippen LogP contribution in [-0.4, -0.2) is 0 Å². The molecule has 0 amide bonds. The monoisotopic (exact) mass is 853 g/mol. The Labute approximate surface area is 388 Å². The van der Waals surface area contributed by atoms with Crippen molar-refractivity contribution in [1.29, 1.82) is 0 Å². The van der Waals surface area contributed by atoms with E-state index in [4.69, 9.17) is 0 Å². The number of rotatable bonds is 22. The first-order valence-electron chi connectivity index (χ1n) is 28.9. The van der Waals surface area contributed by atoms with Gasteiger partial charge in [0.15, 0.2) is 0 Å². The average Bonchev–Trinajstić information content (AvgIpc) is 3.99. The van der Waals surface area contributed by atoms with E-state index in [-0.39, 0.29) is 0 Å². The fraction of sp³-hybridized carbons (Fsp3) is 1.00. The molecule has 16 unspecified atom stereocenters. The van der Waals surface area contributed by atoms with E-state index in [2.05, 4.69) is 111 Å². The molecule has 9 rings (SSSR count). The van der Waals surface area contributed by atoms with Crippen LogP contribution in [0.25, 0.3) is 0 Å². The fourth-order valence-corrected chi connectivity index (χ4v) is 20.8. The minimum Gasteiger partial charge on any atom is -0.0651 e. The van der Waals surface area contributed by atoms with Crippen LogP contribution in [0.2, 0.25) is 0 Å². The first-order chi connectivity index (χ1) is 28.9. The molecule has 0 heteroatoms. The Balaban J connectivity index is 0.751. The second-order valence-corrected chi connectivity index (χ2v) is 31.0. The van der Waals surface area contributed by atoms with Crippen molar-refractivity contribution < 1.29 is 0 Å². The molecule has 0 aliphatic heterocycles. The van der Waals surface area contributed by atoms with Crippen molar-refractivity contribution in [3.8, 4) is 0 Å². The fourth-order valence-electron chi connectivity index (χ4n) is 20.8. The normalized spacial score (nSPS) is 46.3. The largest absolute Gasteiger partial charge is 0.0651 e. The Morgan fingerprint density at radius 1 is 0.661 bits per heavy atom. The first-order valence-corrected chi connectivity index (χ1v) is 28.9. The maximum absolute atomic E-state index is 2.79. The molecule has 0 bridgehead atoms. The first kappa shape index (κ1) is 47.1. The molecule has 0 aromatic heterocycles. The second kappa shape index (κ2) is 16.3. The van der Waals surface area contributed by atoms with Gasteiger partial charge in [-0.3, -0.25) is 0 Å². The molecule has 356 valence electrons. The third-order valence-electron chi connectivity index (χ3n) is 25.2. The zero-order chi connectivity index (χ0) is 44.7. The lowest BCUT2D eigenvalue weighted by Gasteiger charge is -2.72. The molecule has 0 spiro atoms. The van der Waals surface area contributed by atoms with Crippen molar-refractivity contribution in [2.24, 2.45) is 151 Å². The lowest BCUT2D eigenvalue weighted by molar-refractivity contribution is -0.233. The van der Waals surface area contributed by atoms with Gasteiger partial charge in [-0.15, -0.1) is 0 Å². The van der Waals surface area contributed by atoms with Gasteiger partial charge in [0.25, 0.3) is 0 Å². The van der Waals surface area contributed by atoms with Crippen molar-refractivity contribution in [2.45, 2.75) is 239 Å². The van der Waals surface area contributed by atoms with Gasteiger partial charge in [-0.05, 0) is 266 Å². The van der Waals surface area contributed by atoms with Crippen LogP contribution < -0.4 is 0 Å². The smallest absolute Gasteiger partial charge is 0.0238 e. The van der Waals surface area contributed by atoms with Gasteiger partial charge in [0.05, 0.1) is 0 Å². The molecule has 9 saturated carbocycles. The minimum absolute atomic E-state index is 0.482. The predicted molar refractivity (Wildman–Crippen MR) is 268 cm³/mol. The Morgan fingerprint density at radius 3 is 1.84 bits per heavy atom. The molecule has 0 aromatic rings. The van der Waals surface area contributed by atoms with Crippen LogP contribution in [-0.2, 0) is 0 Å². The molecule has 0 saturated heterocycles. The summed E-state index contributed by atoms with van der Waals surface area (Å²) in [5.74, 6) is 20.4. The maximum Gasteiger partial charge on any atom is -0.0238 e. The molecular weight excluding hydrogens is 745 g/mol. The molecule has 9 aliphatic carbocycles. The molecule has 9 aliphatic rings. The standard InChI is InChI=1S/C62H108/c1-17-39(33-57(6,7)24-23-40-25-41(26-40)34-58(8,9)36-44-29-51(44)37(3)4)35-59(10,11)46-27-43(28-46)54-49-21-22-50(49)55(54)48-20-19-42(48)30-52(61(14,15)56-38(5)60(56,12)13)53-32-47-31-45(18-2)62(47,53)16/h37-56H,17-36H2,1-16H3.